The fraction of sp³-hybridized carbons (Fsp3) is 1.00. The predicted octanol–water partition coefficient (Wildman–Crippen LogP) is 1.98. The van der Waals surface area contributed by atoms with Gasteiger partial charge in [-0.25, -0.2) is 0 Å². The van der Waals surface area contributed by atoms with Gasteiger partial charge in [-0.1, -0.05) is 13.8 Å². The monoisotopic (exact) mass is 230 g/mol. The van der Waals surface area contributed by atoms with Crippen LogP contribution in [0.15, 0.2) is 0 Å². The Hall–Kier alpha value is -0.120. The molecular weight excluding hydrogens is 200 g/mol. The normalized spacial score (nSPS) is 17.8. The molecule has 0 aliphatic heterocycles. The van der Waals surface area contributed by atoms with Crippen LogP contribution in [0.25, 0.3) is 0 Å². The first-order valence-electron chi connectivity index (χ1n) is 6.31. The van der Waals surface area contributed by atoms with Gasteiger partial charge >= 0.3 is 0 Å². The Balaban J connectivity index is 4.01. The summed E-state index contributed by atoms with van der Waals surface area (Å²) in [7, 11) is 6.07. The SMILES string of the molecule is COC(C)C(C)NCC(CC(C)C)N(C)C. The number of rotatable bonds is 8. The van der Waals surface area contributed by atoms with Gasteiger partial charge in [0.05, 0.1) is 6.10 Å². The molecule has 0 saturated carbocycles. The zero-order valence-electron chi connectivity index (χ0n) is 12.1. The fourth-order valence-corrected chi connectivity index (χ4v) is 1.71. The van der Waals surface area contributed by atoms with E-state index in [0.717, 1.165) is 12.5 Å². The highest BCUT2D eigenvalue weighted by molar-refractivity contribution is 4.75. The lowest BCUT2D eigenvalue weighted by atomic mass is 10.0. The van der Waals surface area contributed by atoms with Crippen LogP contribution in [-0.2, 0) is 4.74 Å². The van der Waals surface area contributed by atoms with E-state index in [1.165, 1.54) is 6.42 Å². The van der Waals surface area contributed by atoms with Crippen molar-refractivity contribution in [3.8, 4) is 0 Å². The van der Waals surface area contributed by atoms with E-state index in [4.69, 9.17) is 4.74 Å². The average molecular weight is 230 g/mol. The van der Waals surface area contributed by atoms with E-state index >= 15 is 0 Å². The largest absolute Gasteiger partial charge is 0.380 e. The summed E-state index contributed by atoms with van der Waals surface area (Å²) in [4.78, 5) is 2.30. The topological polar surface area (TPSA) is 24.5 Å². The number of methoxy groups -OCH3 is 1. The van der Waals surface area contributed by atoms with Gasteiger partial charge in [0, 0.05) is 25.7 Å². The zero-order valence-corrected chi connectivity index (χ0v) is 12.1. The van der Waals surface area contributed by atoms with Crippen LogP contribution in [0.2, 0.25) is 0 Å². The second-order valence-electron chi connectivity index (χ2n) is 5.38. The second-order valence-corrected chi connectivity index (χ2v) is 5.38. The summed E-state index contributed by atoms with van der Waals surface area (Å²) in [6.45, 7) is 9.86. The lowest BCUT2D eigenvalue weighted by Gasteiger charge is -2.29. The third-order valence-electron chi connectivity index (χ3n) is 3.23. The van der Waals surface area contributed by atoms with Gasteiger partial charge in [-0.2, -0.15) is 0 Å². The van der Waals surface area contributed by atoms with Gasteiger partial charge in [-0.15, -0.1) is 0 Å². The van der Waals surface area contributed by atoms with Crippen LogP contribution < -0.4 is 5.32 Å². The number of nitrogens with zero attached hydrogens (tertiary/aromatic N) is 1. The molecule has 0 rings (SSSR count). The first-order valence-corrected chi connectivity index (χ1v) is 6.31. The second kappa shape index (κ2) is 8.04. The van der Waals surface area contributed by atoms with Gasteiger partial charge in [0.2, 0.25) is 0 Å². The minimum Gasteiger partial charge on any atom is -0.380 e. The Bertz CT molecular complexity index is 171. The molecule has 0 aliphatic carbocycles. The summed E-state index contributed by atoms with van der Waals surface area (Å²) in [6.07, 6.45) is 1.50. The van der Waals surface area contributed by atoms with Crippen LogP contribution in [0, 0.1) is 5.92 Å². The molecule has 0 saturated heterocycles. The van der Waals surface area contributed by atoms with Crippen LogP contribution >= 0.6 is 0 Å². The molecule has 0 spiro atoms. The molecule has 3 nitrogen and oxygen atoms in total. The summed E-state index contributed by atoms with van der Waals surface area (Å²) in [5.74, 6) is 0.740. The number of ether oxygens (including phenoxy) is 1. The number of hydrogen-bond acceptors (Lipinski definition) is 3. The van der Waals surface area contributed by atoms with E-state index in [1.54, 1.807) is 7.11 Å². The molecule has 0 radical (unpaired) electrons. The highest BCUT2D eigenvalue weighted by Crippen LogP contribution is 2.08. The molecule has 3 heteroatoms. The first kappa shape index (κ1) is 15.9. The van der Waals surface area contributed by atoms with Crippen LogP contribution in [0.5, 0.6) is 0 Å². The Morgan fingerprint density at radius 1 is 1.12 bits per heavy atom. The van der Waals surface area contributed by atoms with Crippen molar-refractivity contribution >= 4 is 0 Å². The maximum absolute atomic E-state index is 5.31. The molecule has 3 atom stereocenters. The van der Waals surface area contributed by atoms with Crippen LogP contribution in [-0.4, -0.2) is 50.8 Å². The third kappa shape index (κ3) is 6.46. The van der Waals surface area contributed by atoms with Gasteiger partial charge in [0.15, 0.2) is 0 Å². The summed E-state index contributed by atoms with van der Waals surface area (Å²) < 4.78 is 5.31. The smallest absolute Gasteiger partial charge is 0.0693 e. The van der Waals surface area contributed by atoms with E-state index in [9.17, 15) is 0 Å². The summed E-state index contributed by atoms with van der Waals surface area (Å²) in [5.41, 5.74) is 0. The summed E-state index contributed by atoms with van der Waals surface area (Å²) in [6, 6.07) is 1.01. The molecule has 1 N–H and O–H groups in total. The van der Waals surface area contributed by atoms with Crippen molar-refractivity contribution in [1.82, 2.24) is 10.2 Å². The van der Waals surface area contributed by atoms with E-state index in [0.29, 0.717) is 12.1 Å². The van der Waals surface area contributed by atoms with Crippen molar-refractivity contribution in [2.75, 3.05) is 27.7 Å². The highest BCUT2D eigenvalue weighted by Gasteiger charge is 2.16. The highest BCUT2D eigenvalue weighted by atomic mass is 16.5. The van der Waals surface area contributed by atoms with Gasteiger partial charge in [0.1, 0.15) is 0 Å². The quantitative estimate of drug-likeness (QED) is 0.690. The molecule has 0 aliphatic rings. The Kier molecular flexibility index (Phi) is 7.98. The van der Waals surface area contributed by atoms with Gasteiger partial charge in [-0.05, 0) is 40.3 Å². The van der Waals surface area contributed by atoms with E-state index in [-0.39, 0.29) is 6.10 Å². The van der Waals surface area contributed by atoms with Gasteiger partial charge in [0.25, 0.3) is 0 Å². The number of nitrogens with one attached hydrogen (secondary N) is 1. The fourth-order valence-electron chi connectivity index (χ4n) is 1.71. The molecule has 0 aromatic heterocycles. The lowest BCUT2D eigenvalue weighted by molar-refractivity contribution is 0.0852. The molecule has 0 heterocycles. The third-order valence-corrected chi connectivity index (χ3v) is 3.23. The zero-order chi connectivity index (χ0) is 12.7. The van der Waals surface area contributed by atoms with Crippen molar-refractivity contribution in [2.45, 2.75) is 52.3 Å². The van der Waals surface area contributed by atoms with Crippen molar-refractivity contribution in [2.24, 2.45) is 5.92 Å². The molecular formula is C13H30N2O. The van der Waals surface area contributed by atoms with Gasteiger partial charge in [-0.3, -0.25) is 0 Å². The van der Waals surface area contributed by atoms with Crippen molar-refractivity contribution in [3.05, 3.63) is 0 Å². The first-order chi connectivity index (χ1) is 7.38. The minimum absolute atomic E-state index is 0.266. The van der Waals surface area contributed by atoms with E-state index in [1.807, 2.05) is 0 Å². The molecule has 0 amide bonds. The van der Waals surface area contributed by atoms with Crippen molar-refractivity contribution in [3.63, 3.8) is 0 Å². The summed E-state index contributed by atoms with van der Waals surface area (Å²) >= 11 is 0. The molecule has 98 valence electrons. The van der Waals surface area contributed by atoms with Crippen LogP contribution in [0.4, 0.5) is 0 Å². The van der Waals surface area contributed by atoms with Crippen molar-refractivity contribution in [1.29, 1.82) is 0 Å². The number of hydrogen-bond donors (Lipinski definition) is 1. The standard InChI is InChI=1S/C13H30N2O/c1-10(2)8-13(15(5)6)9-14-11(3)12(4)16-7/h10-14H,8-9H2,1-7H3. The van der Waals surface area contributed by atoms with E-state index in [2.05, 4.69) is 52.0 Å². The maximum atomic E-state index is 5.31. The van der Waals surface area contributed by atoms with Crippen LogP contribution in [0.3, 0.4) is 0 Å². The van der Waals surface area contributed by atoms with Crippen molar-refractivity contribution < 1.29 is 4.74 Å². The molecule has 0 aromatic carbocycles. The van der Waals surface area contributed by atoms with Crippen LogP contribution in [0.1, 0.15) is 34.1 Å². The molecule has 3 unspecified atom stereocenters. The summed E-state index contributed by atoms with van der Waals surface area (Å²) in [5, 5.41) is 3.55. The van der Waals surface area contributed by atoms with Gasteiger partial charge < -0.3 is 15.0 Å². The molecule has 16 heavy (non-hydrogen) atoms. The molecule has 0 bridgehead atoms. The molecule has 0 fully saturated rings. The Labute approximate surface area is 102 Å². The lowest BCUT2D eigenvalue weighted by Crippen LogP contribution is -2.45. The Morgan fingerprint density at radius 3 is 2.06 bits per heavy atom. The Morgan fingerprint density at radius 2 is 1.69 bits per heavy atom. The van der Waals surface area contributed by atoms with E-state index < -0.39 is 0 Å². The molecule has 0 aromatic rings. The number of likely N-dealkylation sites (N-methyl/N-ethyl adjacent to an activating group) is 1. The average Bonchev–Trinajstić information content (AvgIpc) is 2.21. The minimum atomic E-state index is 0.266. The maximum Gasteiger partial charge on any atom is 0.0693 e. The predicted molar refractivity (Wildman–Crippen MR) is 70.9 cm³/mol.